The predicted molar refractivity (Wildman–Crippen MR) is 173 cm³/mol. The molecule has 6 rings (SSSR count). The highest BCUT2D eigenvalue weighted by atomic mass is 35.5. The van der Waals surface area contributed by atoms with E-state index in [9.17, 15) is 14.4 Å². The Kier molecular flexibility index (Phi) is 9.74. The number of hydrogen-bond acceptors (Lipinski definition) is 9. The molecule has 7 N–H and O–H groups in total. The molecule has 2 aromatic carbocycles. The van der Waals surface area contributed by atoms with Crippen molar-refractivity contribution < 1.29 is 19.4 Å². The van der Waals surface area contributed by atoms with E-state index in [1.165, 1.54) is 10.7 Å². The van der Waals surface area contributed by atoms with Gasteiger partial charge >= 0.3 is 11.9 Å². The maximum absolute atomic E-state index is 12.3. The van der Waals surface area contributed by atoms with E-state index in [0.717, 1.165) is 39.1 Å². The number of aromatic nitrogens is 5. The normalized spacial score (nSPS) is 11.1. The molecule has 0 unspecified atom stereocenters. The first-order chi connectivity index (χ1) is 21.5. The number of carboxylic acid groups (broad SMARTS) is 1. The molecule has 0 saturated carbocycles. The maximum Gasteiger partial charge on any atom is 0.341 e. The zero-order valence-corrected chi connectivity index (χ0v) is 25.2. The third kappa shape index (κ3) is 6.89. The first-order valence-electron chi connectivity index (χ1n) is 13.4. The third-order valence-corrected chi connectivity index (χ3v) is 6.87. The van der Waals surface area contributed by atoms with E-state index in [0.29, 0.717) is 33.7 Å². The molecule has 0 saturated heterocycles. The van der Waals surface area contributed by atoms with Crippen LogP contribution in [0.1, 0.15) is 28.4 Å². The molecule has 0 aliphatic carbocycles. The average molecular weight is 629 g/mol. The lowest BCUT2D eigenvalue weighted by molar-refractivity contribution is -0.132. The largest absolute Gasteiger partial charge is 0.478 e. The molecule has 0 fully saturated rings. The fourth-order valence-electron chi connectivity index (χ4n) is 4.28. The number of benzene rings is 2. The number of H-pyrrole nitrogens is 1. The van der Waals surface area contributed by atoms with Crippen LogP contribution in [0, 0.1) is 19.3 Å². The van der Waals surface area contributed by atoms with Crippen molar-refractivity contribution >= 4 is 67.7 Å². The van der Waals surface area contributed by atoms with Crippen LogP contribution < -0.4 is 17.0 Å². The van der Waals surface area contributed by atoms with E-state index in [1.54, 1.807) is 25.4 Å². The van der Waals surface area contributed by atoms with Gasteiger partial charge in [0.1, 0.15) is 11.4 Å². The molecule has 45 heavy (non-hydrogen) atoms. The second kappa shape index (κ2) is 13.7. The molecule has 230 valence electrons. The fourth-order valence-corrected chi connectivity index (χ4v) is 4.56. The summed E-state index contributed by atoms with van der Waals surface area (Å²) in [6, 6.07) is 13.5. The second-order valence-corrected chi connectivity index (χ2v) is 10.0. The summed E-state index contributed by atoms with van der Waals surface area (Å²) < 4.78 is 6.35. The number of nitrogens with two attached hydrogens (primary N) is 2. The number of nitrogens with zero attached hydrogens (tertiary/aromatic N) is 4. The van der Waals surface area contributed by atoms with E-state index in [2.05, 4.69) is 20.1 Å². The number of aryl methyl sites for hydroxylation is 2. The third-order valence-electron chi connectivity index (χ3n) is 6.46. The van der Waals surface area contributed by atoms with Gasteiger partial charge in [-0.05, 0) is 45.0 Å². The molecule has 4 aromatic heterocycles. The highest BCUT2D eigenvalue weighted by Gasteiger charge is 2.15. The van der Waals surface area contributed by atoms with Crippen LogP contribution in [-0.2, 0) is 9.53 Å². The van der Waals surface area contributed by atoms with Gasteiger partial charge in [-0.2, -0.15) is 0 Å². The van der Waals surface area contributed by atoms with E-state index in [-0.39, 0.29) is 11.1 Å². The zero-order valence-electron chi connectivity index (χ0n) is 24.5. The number of fused-ring (bicyclic) bond motifs is 5. The van der Waals surface area contributed by atoms with E-state index in [1.807, 2.05) is 50.2 Å². The number of carboxylic acids is 1. The van der Waals surface area contributed by atoms with Crippen LogP contribution in [0.2, 0.25) is 5.02 Å². The molecule has 0 amide bonds. The standard InChI is InChI=1S/C14H10N4O.C13H12ClNO2.C4H7N3O2/c1-8-2-3-11-9(6-8)13-10(7-15-11)14(19)18-12(17-13)4-5-16-18;1-3-17-13(16)10-7-15-11-5-4-8(2)6-9(11)12(10)14;5-1-2(3(6)7)4(8)9/h2-7,16H,1H3;4-7H,3H2,1-2H3;1H,5H2,(H3,6,7)(H,8,9). The Morgan fingerprint density at radius 2 is 1.67 bits per heavy atom. The van der Waals surface area contributed by atoms with Gasteiger partial charge in [0.05, 0.1) is 39.1 Å². The number of ether oxygens (including phenoxy) is 1. The summed E-state index contributed by atoms with van der Waals surface area (Å²) in [4.78, 5) is 47.1. The topological polar surface area (TPSA) is 215 Å². The number of halogens is 1. The van der Waals surface area contributed by atoms with Crippen LogP contribution in [0.25, 0.3) is 38.4 Å². The summed E-state index contributed by atoms with van der Waals surface area (Å²) in [5.74, 6) is -2.26. The van der Waals surface area contributed by atoms with Crippen LogP contribution in [0.4, 0.5) is 0 Å². The number of rotatable bonds is 4. The van der Waals surface area contributed by atoms with Crippen molar-refractivity contribution in [2.24, 2.45) is 11.5 Å². The maximum atomic E-state index is 12.3. The van der Waals surface area contributed by atoms with E-state index >= 15 is 0 Å². The quantitative estimate of drug-likeness (QED) is 0.0614. The molecule has 0 spiro atoms. The summed E-state index contributed by atoms with van der Waals surface area (Å²) in [7, 11) is 0. The van der Waals surface area contributed by atoms with Gasteiger partial charge in [0.2, 0.25) is 0 Å². The van der Waals surface area contributed by atoms with Crippen molar-refractivity contribution in [1.82, 2.24) is 24.6 Å². The van der Waals surface area contributed by atoms with Gasteiger partial charge in [-0.25, -0.2) is 19.1 Å². The monoisotopic (exact) mass is 628 g/mol. The number of carbonyl (C=O) groups is 2. The van der Waals surface area contributed by atoms with Crippen LogP contribution in [0.3, 0.4) is 0 Å². The lowest BCUT2D eigenvalue weighted by Crippen LogP contribution is -2.20. The van der Waals surface area contributed by atoms with Crippen LogP contribution >= 0.6 is 11.6 Å². The van der Waals surface area contributed by atoms with E-state index < -0.39 is 17.8 Å². The van der Waals surface area contributed by atoms with Gasteiger partial charge in [0.15, 0.2) is 5.65 Å². The van der Waals surface area contributed by atoms with Crippen molar-refractivity contribution in [3.05, 3.63) is 105 Å². The van der Waals surface area contributed by atoms with Crippen molar-refractivity contribution in [3.63, 3.8) is 0 Å². The number of nitrogens with one attached hydrogen (secondary N) is 2. The molecule has 14 heteroatoms. The number of esters is 1. The number of aliphatic carboxylic acids is 1. The summed E-state index contributed by atoms with van der Waals surface area (Å²) in [6.07, 6.45) is 5.53. The van der Waals surface area contributed by atoms with Gasteiger partial charge < -0.3 is 21.3 Å². The number of amidine groups is 1. The van der Waals surface area contributed by atoms with Crippen molar-refractivity contribution in [1.29, 1.82) is 5.41 Å². The lowest BCUT2D eigenvalue weighted by Gasteiger charge is -2.07. The van der Waals surface area contributed by atoms with Crippen molar-refractivity contribution in [3.8, 4) is 0 Å². The highest BCUT2D eigenvalue weighted by Crippen LogP contribution is 2.27. The lowest BCUT2D eigenvalue weighted by atomic mass is 10.1. The molecule has 0 aliphatic rings. The Morgan fingerprint density at radius 1 is 1.04 bits per heavy atom. The fraction of sp³-hybridized carbons (Fsp3) is 0.129. The first kappa shape index (κ1) is 32.1. The molecule has 0 aliphatic heterocycles. The summed E-state index contributed by atoms with van der Waals surface area (Å²) in [6.45, 7) is 6.05. The highest BCUT2D eigenvalue weighted by molar-refractivity contribution is 6.38. The van der Waals surface area contributed by atoms with Crippen molar-refractivity contribution in [2.75, 3.05) is 6.61 Å². The van der Waals surface area contributed by atoms with Gasteiger partial charge in [-0.3, -0.25) is 25.3 Å². The Balaban J connectivity index is 0.000000164. The molecule has 4 heterocycles. The molecular weight excluding hydrogens is 600 g/mol. The molecule has 0 bridgehead atoms. The Bertz CT molecular complexity index is 2170. The summed E-state index contributed by atoms with van der Waals surface area (Å²) in [5, 5.41) is 20.3. The minimum absolute atomic E-state index is 0.124. The molecule has 6 aromatic rings. The Morgan fingerprint density at radius 3 is 2.24 bits per heavy atom. The van der Waals surface area contributed by atoms with Gasteiger partial charge in [-0.15, -0.1) is 0 Å². The molecule has 0 radical (unpaired) electrons. The Labute approximate surface area is 260 Å². The van der Waals surface area contributed by atoms with Gasteiger partial charge in [-0.1, -0.05) is 34.9 Å². The average Bonchev–Trinajstić information content (AvgIpc) is 3.48. The zero-order chi connectivity index (χ0) is 32.8. The number of pyridine rings is 2. The summed E-state index contributed by atoms with van der Waals surface area (Å²) in [5.41, 5.74) is 14.6. The molecular formula is C31H29ClN8O5. The van der Waals surface area contributed by atoms with Crippen LogP contribution in [0.15, 0.2) is 77.6 Å². The summed E-state index contributed by atoms with van der Waals surface area (Å²) >= 11 is 6.20. The minimum Gasteiger partial charge on any atom is -0.478 e. The number of hydrogen-bond donors (Lipinski definition) is 5. The van der Waals surface area contributed by atoms with Crippen LogP contribution in [-0.4, -0.2) is 54.1 Å². The SMILES string of the molecule is CCOC(=O)c1cnc2ccc(C)cc2c1Cl.Cc1ccc2ncc3c(=O)n4[nH]ccc4nc3c2c1.N=C(N)C(=CN)C(=O)O. The molecule has 0 atom stereocenters. The van der Waals surface area contributed by atoms with Gasteiger partial charge in [0.25, 0.3) is 5.56 Å². The smallest absolute Gasteiger partial charge is 0.341 e. The number of aromatic amines is 1. The predicted octanol–water partition coefficient (Wildman–Crippen LogP) is 4.26. The number of carbonyl (C=O) groups excluding carboxylic acids is 1. The van der Waals surface area contributed by atoms with Crippen molar-refractivity contribution in [2.45, 2.75) is 20.8 Å². The minimum atomic E-state index is -1.29. The first-order valence-corrected chi connectivity index (χ1v) is 13.8. The van der Waals surface area contributed by atoms with Crippen LogP contribution in [0.5, 0.6) is 0 Å². The Hall–Kier alpha value is -5.82. The van der Waals surface area contributed by atoms with Gasteiger partial charge in [0, 0.05) is 41.6 Å². The second-order valence-electron chi connectivity index (χ2n) is 9.64. The van der Waals surface area contributed by atoms with E-state index in [4.69, 9.17) is 38.3 Å². The molecule has 13 nitrogen and oxygen atoms in total.